The average Bonchev–Trinajstić information content (AvgIpc) is 2.39. The Balaban J connectivity index is 2.19. The third kappa shape index (κ3) is 2.78. The molecule has 0 spiro atoms. The van der Waals surface area contributed by atoms with E-state index in [4.69, 9.17) is 5.11 Å². The number of rotatable bonds is 3. The Morgan fingerprint density at radius 1 is 1.22 bits per heavy atom. The molecule has 0 saturated carbocycles. The number of urea groups is 1. The van der Waals surface area contributed by atoms with Crippen LogP contribution in [-0.2, 0) is 0 Å². The fourth-order valence-corrected chi connectivity index (χ4v) is 1.76. The summed E-state index contributed by atoms with van der Waals surface area (Å²) >= 11 is 0. The van der Waals surface area contributed by atoms with Crippen molar-refractivity contribution in [3.63, 3.8) is 0 Å². The van der Waals surface area contributed by atoms with Gasteiger partial charge in [0.2, 0.25) is 0 Å². The van der Waals surface area contributed by atoms with Crippen LogP contribution in [0.3, 0.4) is 0 Å². The number of amides is 2. The Bertz CT molecular complexity index is 549. The first-order valence-corrected chi connectivity index (χ1v) is 5.87. The molecule has 0 aliphatic heterocycles. The molecule has 0 aliphatic carbocycles. The standard InChI is InChI=1S/C14H16N2O2/c1-10(9-17)15-14(18)16-13-8-4-6-11-5-2-3-7-12(11)13/h2-8,10,17H,9H2,1H3,(H2,15,16,18). The van der Waals surface area contributed by atoms with E-state index in [9.17, 15) is 4.79 Å². The number of benzene rings is 2. The number of aliphatic hydroxyl groups is 1. The first-order valence-electron chi connectivity index (χ1n) is 5.87. The van der Waals surface area contributed by atoms with Gasteiger partial charge >= 0.3 is 6.03 Å². The Morgan fingerprint density at radius 3 is 2.72 bits per heavy atom. The maximum atomic E-state index is 11.7. The smallest absolute Gasteiger partial charge is 0.319 e. The summed E-state index contributed by atoms with van der Waals surface area (Å²) in [6.07, 6.45) is 0. The zero-order valence-corrected chi connectivity index (χ0v) is 10.2. The fraction of sp³-hybridized carbons (Fsp3) is 0.214. The van der Waals surface area contributed by atoms with E-state index in [1.165, 1.54) is 0 Å². The second-order valence-corrected chi connectivity index (χ2v) is 4.21. The predicted molar refractivity (Wildman–Crippen MR) is 72.7 cm³/mol. The molecule has 3 N–H and O–H groups in total. The molecule has 0 heterocycles. The molecule has 0 fully saturated rings. The van der Waals surface area contributed by atoms with Gasteiger partial charge in [0.05, 0.1) is 18.3 Å². The highest BCUT2D eigenvalue weighted by atomic mass is 16.3. The molecule has 2 aromatic carbocycles. The van der Waals surface area contributed by atoms with Crippen molar-refractivity contribution in [1.82, 2.24) is 5.32 Å². The largest absolute Gasteiger partial charge is 0.394 e. The van der Waals surface area contributed by atoms with Crippen molar-refractivity contribution in [2.24, 2.45) is 0 Å². The van der Waals surface area contributed by atoms with Gasteiger partial charge in [-0.05, 0) is 18.4 Å². The first-order chi connectivity index (χ1) is 8.70. The summed E-state index contributed by atoms with van der Waals surface area (Å²) in [4.78, 5) is 11.7. The van der Waals surface area contributed by atoms with Crippen LogP contribution >= 0.6 is 0 Å². The van der Waals surface area contributed by atoms with Crippen molar-refractivity contribution >= 4 is 22.5 Å². The lowest BCUT2D eigenvalue weighted by atomic mass is 10.1. The highest BCUT2D eigenvalue weighted by molar-refractivity contribution is 6.01. The molecule has 18 heavy (non-hydrogen) atoms. The van der Waals surface area contributed by atoms with Crippen LogP contribution in [0.25, 0.3) is 10.8 Å². The maximum absolute atomic E-state index is 11.7. The molecular weight excluding hydrogens is 228 g/mol. The van der Waals surface area contributed by atoms with Gasteiger partial charge in [-0.1, -0.05) is 36.4 Å². The van der Waals surface area contributed by atoms with Gasteiger partial charge in [0.25, 0.3) is 0 Å². The van der Waals surface area contributed by atoms with E-state index in [1.807, 2.05) is 42.5 Å². The lowest BCUT2D eigenvalue weighted by Crippen LogP contribution is -2.38. The van der Waals surface area contributed by atoms with Crippen LogP contribution in [0.2, 0.25) is 0 Å². The Hall–Kier alpha value is -2.07. The first kappa shape index (κ1) is 12.4. The molecule has 0 aliphatic rings. The van der Waals surface area contributed by atoms with Gasteiger partial charge in [-0.15, -0.1) is 0 Å². The molecule has 0 radical (unpaired) electrons. The number of aliphatic hydroxyl groups excluding tert-OH is 1. The van der Waals surface area contributed by atoms with E-state index in [1.54, 1.807) is 6.92 Å². The van der Waals surface area contributed by atoms with Crippen LogP contribution < -0.4 is 10.6 Å². The number of fused-ring (bicyclic) bond motifs is 1. The molecule has 0 saturated heterocycles. The maximum Gasteiger partial charge on any atom is 0.319 e. The zero-order chi connectivity index (χ0) is 13.0. The Morgan fingerprint density at radius 2 is 1.94 bits per heavy atom. The summed E-state index contributed by atoms with van der Waals surface area (Å²) in [5.74, 6) is 0. The summed E-state index contributed by atoms with van der Waals surface area (Å²) < 4.78 is 0. The van der Waals surface area contributed by atoms with E-state index in [0.29, 0.717) is 0 Å². The van der Waals surface area contributed by atoms with Gasteiger partial charge < -0.3 is 15.7 Å². The summed E-state index contributed by atoms with van der Waals surface area (Å²) in [5, 5.41) is 16.4. The van der Waals surface area contributed by atoms with Gasteiger partial charge in [0.15, 0.2) is 0 Å². The van der Waals surface area contributed by atoms with Crippen molar-refractivity contribution in [3.8, 4) is 0 Å². The molecule has 1 atom stereocenters. The number of anilines is 1. The van der Waals surface area contributed by atoms with Crippen molar-refractivity contribution in [3.05, 3.63) is 42.5 Å². The third-order valence-corrected chi connectivity index (χ3v) is 2.69. The number of hydrogen-bond donors (Lipinski definition) is 3. The van der Waals surface area contributed by atoms with Gasteiger partial charge in [-0.2, -0.15) is 0 Å². The summed E-state index contributed by atoms with van der Waals surface area (Å²) in [6, 6.07) is 13.0. The van der Waals surface area contributed by atoms with Gasteiger partial charge in [0.1, 0.15) is 0 Å². The minimum Gasteiger partial charge on any atom is -0.394 e. The van der Waals surface area contributed by atoms with E-state index < -0.39 is 0 Å². The van der Waals surface area contributed by atoms with Crippen LogP contribution in [0.5, 0.6) is 0 Å². The third-order valence-electron chi connectivity index (χ3n) is 2.69. The monoisotopic (exact) mass is 244 g/mol. The molecule has 0 bridgehead atoms. The lowest BCUT2D eigenvalue weighted by Gasteiger charge is -2.13. The summed E-state index contributed by atoms with van der Waals surface area (Å²) in [6.45, 7) is 1.66. The average molecular weight is 244 g/mol. The van der Waals surface area contributed by atoms with Crippen molar-refractivity contribution < 1.29 is 9.90 Å². The molecule has 2 aromatic rings. The normalized spacial score (nSPS) is 12.1. The number of nitrogens with one attached hydrogen (secondary N) is 2. The fourth-order valence-electron chi connectivity index (χ4n) is 1.76. The van der Waals surface area contributed by atoms with Crippen molar-refractivity contribution in [1.29, 1.82) is 0 Å². The minimum absolute atomic E-state index is 0.0804. The van der Waals surface area contributed by atoms with E-state index in [0.717, 1.165) is 16.5 Å². The van der Waals surface area contributed by atoms with E-state index in [-0.39, 0.29) is 18.7 Å². The predicted octanol–water partition coefficient (Wildman–Crippen LogP) is 2.34. The van der Waals surface area contributed by atoms with E-state index in [2.05, 4.69) is 10.6 Å². The molecule has 0 aromatic heterocycles. The Labute approximate surface area is 106 Å². The van der Waals surface area contributed by atoms with Gasteiger partial charge in [-0.25, -0.2) is 4.79 Å². The topological polar surface area (TPSA) is 61.4 Å². The van der Waals surface area contributed by atoms with Crippen LogP contribution in [0.15, 0.2) is 42.5 Å². The van der Waals surface area contributed by atoms with Crippen molar-refractivity contribution in [2.45, 2.75) is 13.0 Å². The quantitative estimate of drug-likeness (QED) is 0.776. The second-order valence-electron chi connectivity index (χ2n) is 4.21. The molecule has 1 unspecified atom stereocenters. The SMILES string of the molecule is CC(CO)NC(=O)Nc1cccc2ccccc12. The van der Waals surface area contributed by atoms with Gasteiger partial charge in [-0.3, -0.25) is 0 Å². The molecule has 4 heteroatoms. The van der Waals surface area contributed by atoms with Crippen molar-refractivity contribution in [2.75, 3.05) is 11.9 Å². The molecular formula is C14H16N2O2. The molecule has 2 amide bonds. The second kappa shape index (κ2) is 5.51. The highest BCUT2D eigenvalue weighted by Gasteiger charge is 2.07. The highest BCUT2D eigenvalue weighted by Crippen LogP contribution is 2.22. The molecule has 94 valence electrons. The number of carbonyl (C=O) groups excluding carboxylic acids is 1. The molecule has 4 nitrogen and oxygen atoms in total. The molecule has 2 rings (SSSR count). The van der Waals surface area contributed by atoms with E-state index >= 15 is 0 Å². The zero-order valence-electron chi connectivity index (χ0n) is 10.2. The summed E-state index contributed by atoms with van der Waals surface area (Å²) in [5.41, 5.74) is 0.760. The summed E-state index contributed by atoms with van der Waals surface area (Å²) in [7, 11) is 0. The van der Waals surface area contributed by atoms with Crippen LogP contribution in [0.4, 0.5) is 10.5 Å². The Kier molecular flexibility index (Phi) is 3.79. The van der Waals surface area contributed by atoms with Crippen LogP contribution in [0.1, 0.15) is 6.92 Å². The lowest BCUT2D eigenvalue weighted by molar-refractivity contribution is 0.229. The number of hydrogen-bond acceptors (Lipinski definition) is 2. The number of carbonyl (C=O) groups is 1. The van der Waals surface area contributed by atoms with Crippen LogP contribution in [0, 0.1) is 0 Å². The minimum atomic E-state index is -0.312. The van der Waals surface area contributed by atoms with Crippen LogP contribution in [-0.4, -0.2) is 23.8 Å². The van der Waals surface area contributed by atoms with Gasteiger partial charge in [0, 0.05) is 5.39 Å².